The van der Waals surface area contributed by atoms with E-state index in [9.17, 15) is 0 Å². The van der Waals surface area contributed by atoms with Gasteiger partial charge < -0.3 is 14.9 Å². The number of hydrogen-bond donors (Lipinski definition) is 2. The average Bonchev–Trinajstić information content (AvgIpc) is 3.26. The molecule has 0 fully saturated rings. The highest BCUT2D eigenvalue weighted by Crippen LogP contribution is 2.17. The first-order valence-corrected chi connectivity index (χ1v) is 9.08. The molecule has 2 aromatic carbocycles. The molecule has 0 aliphatic rings. The fraction of sp³-hybridized carbons (Fsp3) is 0.0435. The first kappa shape index (κ1) is 20.3. The van der Waals surface area contributed by atoms with Crippen LogP contribution in [0.1, 0.15) is 11.1 Å². The number of aromatic hydroxyl groups is 1. The zero-order valence-electron chi connectivity index (χ0n) is 16.0. The predicted octanol–water partition coefficient (Wildman–Crippen LogP) is 4.09. The van der Waals surface area contributed by atoms with Gasteiger partial charge in [0.25, 0.3) is 0 Å². The van der Waals surface area contributed by atoms with E-state index in [1.54, 1.807) is 12.3 Å². The van der Waals surface area contributed by atoms with Gasteiger partial charge in [0, 0.05) is 35.9 Å². The molecule has 0 amide bonds. The summed E-state index contributed by atoms with van der Waals surface area (Å²) in [5, 5.41) is 28.5. The van der Waals surface area contributed by atoms with Gasteiger partial charge in [0.05, 0.1) is 6.54 Å². The van der Waals surface area contributed by atoms with E-state index < -0.39 is 0 Å². The first-order valence-electron chi connectivity index (χ1n) is 9.08. The summed E-state index contributed by atoms with van der Waals surface area (Å²) in [4.78, 5) is 8.56. The number of hydrogen-bond acceptors (Lipinski definition) is 6. The Morgan fingerprint density at radius 2 is 1.77 bits per heavy atom. The second kappa shape index (κ2) is 10.2. The van der Waals surface area contributed by atoms with Gasteiger partial charge in [0.15, 0.2) is 5.71 Å². The van der Waals surface area contributed by atoms with Crippen molar-refractivity contribution in [1.82, 2.24) is 14.5 Å². The van der Waals surface area contributed by atoms with Crippen LogP contribution in [0.25, 0.3) is 11.4 Å². The van der Waals surface area contributed by atoms with Crippen LogP contribution in [0.4, 0.5) is 0 Å². The Balaban J connectivity index is 0.000000187. The monoisotopic (exact) mass is 397 g/mol. The molecule has 0 atom stereocenters. The maximum absolute atomic E-state index is 8.90. The lowest BCUT2D eigenvalue weighted by atomic mass is 10.1. The minimum Gasteiger partial charge on any atom is -0.508 e. The molecule has 148 valence electrons. The summed E-state index contributed by atoms with van der Waals surface area (Å²) in [6.07, 6.45) is 7.50. The third kappa shape index (κ3) is 5.30. The van der Waals surface area contributed by atoms with Crippen LogP contribution in [0, 0.1) is 11.3 Å². The molecule has 7 heteroatoms. The van der Waals surface area contributed by atoms with E-state index in [-0.39, 0.29) is 11.5 Å². The molecule has 0 spiro atoms. The molecule has 2 heterocycles. The van der Waals surface area contributed by atoms with E-state index in [0.29, 0.717) is 5.56 Å². The predicted molar refractivity (Wildman–Crippen MR) is 113 cm³/mol. The van der Waals surface area contributed by atoms with E-state index in [1.807, 2.05) is 42.9 Å². The molecule has 0 radical (unpaired) electrons. The minimum absolute atomic E-state index is 0.0741. The normalized spacial score (nSPS) is 10.6. The van der Waals surface area contributed by atoms with E-state index in [2.05, 4.69) is 37.9 Å². The van der Waals surface area contributed by atoms with Gasteiger partial charge in [-0.3, -0.25) is 4.98 Å². The summed E-state index contributed by atoms with van der Waals surface area (Å²) in [5.41, 5.74) is 2.70. The molecule has 0 saturated carbocycles. The second-order valence-electron chi connectivity index (χ2n) is 6.21. The summed E-state index contributed by atoms with van der Waals surface area (Å²) < 4.78 is 2.13. The van der Waals surface area contributed by atoms with Crippen LogP contribution in [0.3, 0.4) is 0 Å². The molecule has 0 unspecified atom stereocenters. The summed E-state index contributed by atoms with van der Waals surface area (Å²) in [6, 6.07) is 21.8. The van der Waals surface area contributed by atoms with Crippen LogP contribution < -0.4 is 0 Å². The van der Waals surface area contributed by atoms with Crippen LogP contribution in [-0.2, 0) is 6.54 Å². The van der Waals surface area contributed by atoms with E-state index in [0.717, 1.165) is 17.9 Å². The fourth-order valence-corrected chi connectivity index (χ4v) is 2.74. The quantitative estimate of drug-likeness (QED) is 0.306. The van der Waals surface area contributed by atoms with Crippen molar-refractivity contribution >= 4 is 5.71 Å². The number of imidazole rings is 1. The van der Waals surface area contributed by atoms with Crippen molar-refractivity contribution in [3.8, 4) is 23.2 Å². The Kier molecular flexibility index (Phi) is 6.90. The maximum atomic E-state index is 8.90. The molecular formula is C23H19N5O2. The van der Waals surface area contributed by atoms with Crippen molar-refractivity contribution in [2.24, 2.45) is 5.16 Å². The summed E-state index contributed by atoms with van der Waals surface area (Å²) in [6.45, 7) is 0.790. The number of pyridine rings is 1. The summed E-state index contributed by atoms with van der Waals surface area (Å²) in [5.74, 6) is 1.09. The van der Waals surface area contributed by atoms with Crippen molar-refractivity contribution in [2.75, 3.05) is 0 Å². The molecule has 0 bridgehead atoms. The van der Waals surface area contributed by atoms with Crippen LogP contribution in [0.15, 0.2) is 96.7 Å². The zero-order valence-corrected chi connectivity index (χ0v) is 16.0. The van der Waals surface area contributed by atoms with Gasteiger partial charge in [-0.25, -0.2) is 4.98 Å². The molecule has 0 aliphatic heterocycles. The lowest BCUT2D eigenvalue weighted by Crippen LogP contribution is -2.01. The fourth-order valence-electron chi connectivity index (χ4n) is 2.74. The van der Waals surface area contributed by atoms with Crippen LogP contribution in [-0.4, -0.2) is 30.6 Å². The molecule has 0 saturated heterocycles. The molecule has 2 N–H and O–H groups in total. The maximum Gasteiger partial charge on any atom is 0.186 e. The van der Waals surface area contributed by atoms with E-state index >= 15 is 0 Å². The number of nitrogens with zero attached hydrogens (tertiary/aromatic N) is 5. The Labute approximate surface area is 173 Å². The standard InChI is InChI=1S/C15H13N3.C8H6N2O2/c1-2-6-14(7-3-1)15-17-9-10-18(15)12-13-5-4-8-16-11-13;9-5-8(10-12)6-1-3-7(11)4-2-6/h1-11H,12H2;1-4,11-12H/b;10-8+. The van der Waals surface area contributed by atoms with Gasteiger partial charge in [0.2, 0.25) is 0 Å². The average molecular weight is 397 g/mol. The molecule has 4 aromatic rings. The van der Waals surface area contributed by atoms with Crippen LogP contribution in [0.2, 0.25) is 0 Å². The topological polar surface area (TPSA) is 107 Å². The van der Waals surface area contributed by atoms with Crippen molar-refractivity contribution in [1.29, 1.82) is 5.26 Å². The zero-order chi connectivity index (χ0) is 21.2. The smallest absolute Gasteiger partial charge is 0.186 e. The van der Waals surface area contributed by atoms with Crippen LogP contribution >= 0.6 is 0 Å². The first-order chi connectivity index (χ1) is 14.7. The SMILES string of the molecule is N#C/C(=N\O)c1ccc(O)cc1.c1ccc(-c2nccn2Cc2cccnc2)cc1. The van der Waals surface area contributed by atoms with Gasteiger partial charge >= 0.3 is 0 Å². The number of rotatable bonds is 4. The Hall–Kier alpha value is -4.44. The summed E-state index contributed by atoms with van der Waals surface area (Å²) in [7, 11) is 0. The third-order valence-corrected chi connectivity index (χ3v) is 4.17. The molecular weight excluding hydrogens is 378 g/mol. The summed E-state index contributed by atoms with van der Waals surface area (Å²) >= 11 is 0. The molecule has 2 aromatic heterocycles. The van der Waals surface area contributed by atoms with E-state index in [1.165, 1.54) is 29.8 Å². The lowest BCUT2D eigenvalue weighted by Gasteiger charge is -2.07. The number of phenols is 1. The Morgan fingerprint density at radius 1 is 1.00 bits per heavy atom. The Bertz CT molecular complexity index is 1130. The number of oxime groups is 1. The molecule has 30 heavy (non-hydrogen) atoms. The van der Waals surface area contributed by atoms with Gasteiger partial charge in [-0.1, -0.05) is 41.6 Å². The van der Waals surface area contributed by atoms with Crippen molar-refractivity contribution in [3.63, 3.8) is 0 Å². The van der Waals surface area contributed by atoms with Gasteiger partial charge in [-0.15, -0.1) is 0 Å². The molecule has 0 aliphatic carbocycles. The molecule has 7 nitrogen and oxygen atoms in total. The lowest BCUT2D eigenvalue weighted by molar-refractivity contribution is 0.320. The van der Waals surface area contributed by atoms with Crippen LogP contribution in [0.5, 0.6) is 5.75 Å². The van der Waals surface area contributed by atoms with Gasteiger partial charge in [-0.2, -0.15) is 5.26 Å². The third-order valence-electron chi connectivity index (χ3n) is 4.17. The Morgan fingerprint density at radius 3 is 2.40 bits per heavy atom. The van der Waals surface area contributed by atoms with Crippen molar-refractivity contribution in [3.05, 3.63) is 103 Å². The molecule has 4 rings (SSSR count). The van der Waals surface area contributed by atoms with Gasteiger partial charge in [0.1, 0.15) is 17.6 Å². The number of phenolic OH excluding ortho intramolecular Hbond substituents is 1. The van der Waals surface area contributed by atoms with Crippen molar-refractivity contribution < 1.29 is 10.3 Å². The largest absolute Gasteiger partial charge is 0.508 e. The number of nitriles is 1. The minimum atomic E-state index is -0.0741. The highest BCUT2D eigenvalue weighted by Gasteiger charge is 2.05. The van der Waals surface area contributed by atoms with Crippen molar-refractivity contribution in [2.45, 2.75) is 6.54 Å². The van der Waals surface area contributed by atoms with E-state index in [4.69, 9.17) is 15.6 Å². The highest BCUT2D eigenvalue weighted by molar-refractivity contribution is 6.11. The highest BCUT2D eigenvalue weighted by atomic mass is 16.4. The number of benzene rings is 2. The number of aromatic nitrogens is 3. The second-order valence-corrected chi connectivity index (χ2v) is 6.21. The van der Waals surface area contributed by atoms with Gasteiger partial charge in [-0.05, 0) is 35.9 Å².